The van der Waals surface area contributed by atoms with E-state index in [0.29, 0.717) is 19.3 Å². The molecule has 0 saturated heterocycles. The molecule has 13 heteroatoms. The van der Waals surface area contributed by atoms with E-state index < -0.39 is 23.8 Å². The molecule has 2 aromatic carbocycles. The lowest BCUT2D eigenvalue weighted by atomic mass is 10.0. The first-order valence-electron chi connectivity index (χ1n) is 11.3. The lowest BCUT2D eigenvalue weighted by molar-refractivity contribution is -0.139. The summed E-state index contributed by atoms with van der Waals surface area (Å²) in [5, 5.41) is 29.1. The third kappa shape index (κ3) is 6.75. The van der Waals surface area contributed by atoms with Crippen LogP contribution in [-0.4, -0.2) is 48.8 Å². The highest BCUT2D eigenvalue weighted by molar-refractivity contribution is 14.1. The van der Waals surface area contributed by atoms with Gasteiger partial charge < -0.3 is 20.8 Å². The molecule has 4 aromatic rings. The molecule has 39 heavy (non-hydrogen) atoms. The molecule has 2 aromatic heterocycles. The Morgan fingerprint density at radius 3 is 2.51 bits per heavy atom. The van der Waals surface area contributed by atoms with Crippen molar-refractivity contribution >= 4 is 73.6 Å². The number of hydrogen-bond donors (Lipinski definition) is 4. The third-order valence-electron chi connectivity index (χ3n) is 5.61. The number of carboxylic acid groups (broad SMARTS) is 1. The predicted molar refractivity (Wildman–Crippen MR) is 157 cm³/mol. The van der Waals surface area contributed by atoms with Crippen molar-refractivity contribution in [3.05, 3.63) is 96.4 Å². The van der Waals surface area contributed by atoms with E-state index >= 15 is 0 Å². The number of hydrogen-bond acceptors (Lipinski definition) is 6. The molecule has 0 saturated carbocycles. The van der Waals surface area contributed by atoms with Gasteiger partial charge >= 0.3 is 5.97 Å². The topological polar surface area (TPSA) is 146 Å². The number of anilines is 1. The minimum atomic E-state index is -1.26. The van der Waals surface area contributed by atoms with Gasteiger partial charge in [0.25, 0.3) is 11.8 Å². The molecule has 0 bridgehead atoms. The second-order valence-corrected chi connectivity index (χ2v) is 10.9. The Balaban J connectivity index is 1.64. The normalized spacial score (nSPS) is 11.6. The largest absolute Gasteiger partial charge is 0.508 e. The molecule has 1 atom stereocenters. The van der Waals surface area contributed by atoms with E-state index in [-0.39, 0.29) is 40.0 Å². The van der Waals surface area contributed by atoms with Crippen molar-refractivity contribution in [1.29, 1.82) is 0 Å². The number of aromatic hydroxyl groups is 1. The van der Waals surface area contributed by atoms with Gasteiger partial charge in [-0.3, -0.25) is 9.59 Å². The van der Waals surface area contributed by atoms with Gasteiger partial charge in [-0.1, -0.05) is 23.7 Å². The monoisotopic (exact) mass is 723 g/mol. The van der Waals surface area contributed by atoms with Crippen molar-refractivity contribution in [2.75, 3.05) is 5.32 Å². The minimum Gasteiger partial charge on any atom is -0.508 e. The summed E-state index contributed by atoms with van der Waals surface area (Å²) in [6.07, 6.45) is 1.51. The maximum Gasteiger partial charge on any atom is 0.326 e. The molecule has 10 nitrogen and oxygen atoms in total. The highest BCUT2D eigenvalue weighted by atomic mass is 127. The number of carboxylic acids is 1. The van der Waals surface area contributed by atoms with Gasteiger partial charge in [-0.25, -0.2) is 14.5 Å². The summed E-state index contributed by atoms with van der Waals surface area (Å²) in [5.41, 5.74) is 1.60. The molecule has 4 N–H and O–H groups in total. The molecule has 0 aliphatic carbocycles. The lowest BCUT2D eigenvalue weighted by Crippen LogP contribution is -2.42. The van der Waals surface area contributed by atoms with Crippen molar-refractivity contribution in [2.24, 2.45) is 0 Å². The summed E-state index contributed by atoms with van der Waals surface area (Å²) < 4.78 is 2.36. The van der Waals surface area contributed by atoms with Gasteiger partial charge in [0.05, 0.1) is 16.3 Å². The zero-order valence-electron chi connectivity index (χ0n) is 20.2. The van der Waals surface area contributed by atoms with E-state index in [2.05, 4.69) is 36.6 Å². The highest BCUT2D eigenvalue weighted by Gasteiger charge is 2.26. The number of aryl methyl sites for hydroxylation is 1. The summed E-state index contributed by atoms with van der Waals surface area (Å²) in [4.78, 5) is 43.0. The molecule has 0 aliphatic rings. The van der Waals surface area contributed by atoms with Crippen molar-refractivity contribution in [1.82, 2.24) is 20.1 Å². The van der Waals surface area contributed by atoms with Crippen LogP contribution in [0.5, 0.6) is 5.75 Å². The molecular weight excluding hydrogens is 705 g/mol. The number of carbonyl (C=O) groups is 3. The molecule has 200 valence electrons. The number of halogens is 3. The number of carbonyl (C=O) groups excluding carboxylic acids is 2. The summed E-state index contributed by atoms with van der Waals surface area (Å²) in [5.74, 6) is -2.22. The van der Waals surface area contributed by atoms with Crippen LogP contribution in [0.4, 0.5) is 5.69 Å². The fourth-order valence-corrected chi connectivity index (χ4v) is 5.13. The van der Waals surface area contributed by atoms with Gasteiger partial charge in [0.2, 0.25) is 0 Å². The minimum absolute atomic E-state index is 0.00992. The first kappa shape index (κ1) is 28.5. The molecular formula is C26H20BrClIN5O5. The van der Waals surface area contributed by atoms with Crippen molar-refractivity contribution in [3.8, 4) is 11.6 Å². The second kappa shape index (κ2) is 12.1. The van der Waals surface area contributed by atoms with Crippen LogP contribution in [0.2, 0.25) is 5.02 Å². The predicted octanol–water partition coefficient (Wildman–Crippen LogP) is 4.98. The Morgan fingerprint density at radius 2 is 1.85 bits per heavy atom. The molecule has 0 spiro atoms. The third-order valence-corrected chi connectivity index (χ3v) is 6.92. The van der Waals surface area contributed by atoms with Crippen LogP contribution < -0.4 is 10.6 Å². The second-order valence-electron chi connectivity index (χ2n) is 8.41. The molecule has 0 radical (unpaired) electrons. The number of phenolic OH excluding ortho intramolecular Hbond substituents is 1. The van der Waals surface area contributed by atoms with Crippen LogP contribution in [-0.2, 0) is 11.2 Å². The number of benzene rings is 2. The van der Waals surface area contributed by atoms with Crippen LogP contribution >= 0.6 is 50.1 Å². The van der Waals surface area contributed by atoms with E-state index in [1.165, 1.54) is 29.1 Å². The maximum absolute atomic E-state index is 13.4. The number of aromatic nitrogens is 3. The number of nitrogens with one attached hydrogen (secondary N) is 2. The van der Waals surface area contributed by atoms with Gasteiger partial charge in [-0.15, -0.1) is 0 Å². The zero-order valence-corrected chi connectivity index (χ0v) is 24.7. The van der Waals surface area contributed by atoms with Gasteiger partial charge in [0.1, 0.15) is 22.1 Å². The van der Waals surface area contributed by atoms with Crippen LogP contribution in [0.1, 0.15) is 32.0 Å². The SMILES string of the molecule is Cc1cc(I)cc(C(=O)NC(Cc2ccc(O)cc2)C(=O)O)c1NC(=O)c1cc(Br)nn1-c1ncccc1Cl. The fourth-order valence-electron chi connectivity index (χ4n) is 3.78. The smallest absolute Gasteiger partial charge is 0.326 e. The van der Waals surface area contributed by atoms with E-state index in [1.54, 1.807) is 43.3 Å². The molecule has 2 heterocycles. The Bertz CT molecular complexity index is 1580. The van der Waals surface area contributed by atoms with E-state index in [1.807, 2.05) is 22.6 Å². The summed E-state index contributed by atoms with van der Waals surface area (Å²) in [6.45, 7) is 1.72. The number of rotatable bonds is 8. The van der Waals surface area contributed by atoms with E-state index in [4.69, 9.17) is 11.6 Å². The number of aliphatic carboxylic acids is 1. The van der Waals surface area contributed by atoms with Crippen LogP contribution in [0.25, 0.3) is 5.82 Å². The fraction of sp³-hybridized carbons (Fsp3) is 0.115. The molecule has 2 amide bonds. The van der Waals surface area contributed by atoms with Gasteiger partial charge in [0.15, 0.2) is 5.82 Å². The Labute approximate surface area is 249 Å². The Morgan fingerprint density at radius 1 is 1.13 bits per heavy atom. The van der Waals surface area contributed by atoms with Crippen LogP contribution in [0.3, 0.4) is 0 Å². The van der Waals surface area contributed by atoms with Crippen LogP contribution in [0.15, 0.2) is 65.4 Å². The Kier molecular flexibility index (Phi) is 8.87. The molecule has 1 unspecified atom stereocenters. The number of amides is 2. The number of pyridine rings is 1. The molecule has 4 rings (SSSR count). The molecule has 0 aliphatic heterocycles. The van der Waals surface area contributed by atoms with E-state index in [9.17, 15) is 24.6 Å². The first-order valence-corrected chi connectivity index (χ1v) is 13.6. The van der Waals surface area contributed by atoms with Gasteiger partial charge in [0, 0.05) is 22.3 Å². The van der Waals surface area contributed by atoms with Crippen LogP contribution in [0, 0.1) is 10.5 Å². The quantitative estimate of drug-likeness (QED) is 0.188. The van der Waals surface area contributed by atoms with Crippen molar-refractivity contribution in [3.63, 3.8) is 0 Å². The average Bonchev–Trinajstić information content (AvgIpc) is 3.27. The highest BCUT2D eigenvalue weighted by Crippen LogP contribution is 2.27. The standard InChI is InChI=1S/C26H20BrClIN5O5/c1-13-9-15(29)11-17(24(36)31-19(26(38)39)10-14-4-6-16(35)7-5-14)22(13)32-25(37)20-12-21(27)33-34(20)23-18(28)3-2-8-30-23/h2-9,11-12,19,35H,10H2,1H3,(H,31,36)(H,32,37)(H,38,39). The average molecular weight is 725 g/mol. The number of phenols is 1. The number of nitrogens with zero attached hydrogens (tertiary/aromatic N) is 3. The first-order chi connectivity index (χ1) is 18.5. The van der Waals surface area contributed by atoms with Crippen molar-refractivity contribution in [2.45, 2.75) is 19.4 Å². The van der Waals surface area contributed by atoms with E-state index in [0.717, 1.165) is 0 Å². The Hall–Kier alpha value is -3.49. The van der Waals surface area contributed by atoms with Gasteiger partial charge in [-0.05, 0) is 93.0 Å². The molecule has 0 fully saturated rings. The lowest BCUT2D eigenvalue weighted by Gasteiger charge is -2.18. The van der Waals surface area contributed by atoms with Gasteiger partial charge in [-0.2, -0.15) is 5.10 Å². The zero-order chi connectivity index (χ0) is 28.3. The summed E-state index contributed by atoms with van der Waals surface area (Å²) in [7, 11) is 0. The summed E-state index contributed by atoms with van der Waals surface area (Å²) in [6, 6.07) is 12.9. The summed E-state index contributed by atoms with van der Waals surface area (Å²) >= 11 is 11.6. The maximum atomic E-state index is 13.4. The van der Waals surface area contributed by atoms with Crippen molar-refractivity contribution < 1.29 is 24.6 Å².